The van der Waals surface area contributed by atoms with E-state index in [4.69, 9.17) is 28.9 Å². The summed E-state index contributed by atoms with van der Waals surface area (Å²) in [5.41, 5.74) is 5.97. The van der Waals surface area contributed by atoms with E-state index >= 15 is 0 Å². The number of benzene rings is 2. The lowest BCUT2D eigenvalue weighted by Gasteiger charge is -2.36. The molecule has 8 heteroatoms. The van der Waals surface area contributed by atoms with Crippen molar-refractivity contribution < 1.29 is 4.39 Å². The molecule has 3 aromatic rings. The van der Waals surface area contributed by atoms with Crippen molar-refractivity contribution in [3.05, 3.63) is 81.4 Å². The summed E-state index contributed by atoms with van der Waals surface area (Å²) in [5, 5.41) is 9.31. The minimum absolute atomic E-state index is 0.254. The van der Waals surface area contributed by atoms with E-state index in [1.54, 1.807) is 12.1 Å². The summed E-state index contributed by atoms with van der Waals surface area (Å²) in [5.74, 6) is -0.254. The number of halogens is 2. The molecule has 1 fully saturated rings. The number of nitrogens with zero attached hydrogens (tertiary/aromatic N) is 4. The monoisotopic (exact) mass is 485 g/mol. The van der Waals surface area contributed by atoms with Crippen LogP contribution in [0.15, 0.2) is 42.5 Å². The van der Waals surface area contributed by atoms with Crippen molar-refractivity contribution in [2.75, 3.05) is 31.5 Å². The molecule has 174 valence electrons. The molecule has 2 aromatic carbocycles. The fraction of sp³-hybridized carbons (Fsp3) is 0.360. The van der Waals surface area contributed by atoms with Crippen LogP contribution in [0.25, 0.3) is 0 Å². The number of hydrogen-bond acceptors (Lipinski definition) is 3. The molecule has 5 nitrogen and oxygen atoms in total. The molecule has 0 aliphatic carbocycles. The molecular weight excluding hydrogens is 457 g/mol. The number of anilines is 1. The second-order valence-corrected chi connectivity index (χ2v) is 9.38. The zero-order valence-electron chi connectivity index (χ0n) is 19.2. The second kappa shape index (κ2) is 10.2. The van der Waals surface area contributed by atoms with Crippen molar-refractivity contribution in [2.24, 2.45) is 0 Å². The van der Waals surface area contributed by atoms with Gasteiger partial charge in [0.1, 0.15) is 5.82 Å². The van der Waals surface area contributed by atoms with E-state index in [1.165, 1.54) is 17.2 Å². The smallest absolute Gasteiger partial charge is 0.173 e. The summed E-state index contributed by atoms with van der Waals surface area (Å²) >= 11 is 11.9. The average molecular weight is 486 g/mol. The lowest BCUT2D eigenvalue weighted by atomic mass is 10.1. The molecule has 1 aliphatic rings. The zero-order valence-corrected chi connectivity index (χ0v) is 20.8. The molecule has 0 radical (unpaired) electrons. The van der Waals surface area contributed by atoms with Crippen LogP contribution in [0.5, 0.6) is 0 Å². The highest BCUT2D eigenvalue weighted by molar-refractivity contribution is 7.80. The van der Waals surface area contributed by atoms with Crippen molar-refractivity contribution in [3.63, 3.8) is 0 Å². The first kappa shape index (κ1) is 23.7. The van der Waals surface area contributed by atoms with E-state index in [-0.39, 0.29) is 5.82 Å². The highest BCUT2D eigenvalue weighted by Crippen LogP contribution is 2.23. The molecule has 0 unspecified atom stereocenters. The fourth-order valence-corrected chi connectivity index (χ4v) is 4.61. The van der Waals surface area contributed by atoms with Gasteiger partial charge in [0, 0.05) is 43.3 Å². The summed E-state index contributed by atoms with van der Waals surface area (Å²) in [4.78, 5) is 4.37. The van der Waals surface area contributed by atoms with Crippen LogP contribution in [-0.4, -0.2) is 50.9 Å². The molecule has 1 N–H and O–H groups in total. The summed E-state index contributed by atoms with van der Waals surface area (Å²) in [7, 11) is 0. The minimum atomic E-state index is -0.254. The van der Waals surface area contributed by atoms with Crippen LogP contribution >= 0.6 is 23.8 Å². The molecular formula is C25H29ClFN5S. The molecule has 4 rings (SSSR count). The van der Waals surface area contributed by atoms with Crippen LogP contribution in [-0.2, 0) is 13.1 Å². The number of nitrogens with one attached hydrogen (secondary N) is 1. The maximum Gasteiger partial charge on any atom is 0.173 e. The Morgan fingerprint density at radius 1 is 1.03 bits per heavy atom. The van der Waals surface area contributed by atoms with E-state index in [9.17, 15) is 4.39 Å². The predicted molar refractivity (Wildman–Crippen MR) is 136 cm³/mol. The summed E-state index contributed by atoms with van der Waals surface area (Å²) in [6.45, 7) is 10.5. The number of aromatic nitrogens is 2. The SMILES string of the molecule is Cc1ccc(Cn2nc(C)c(NC(=S)N3CCN(Cc4c(F)cccc4Cl)CC3)c2C)cc1. The predicted octanol–water partition coefficient (Wildman–Crippen LogP) is 5.16. The van der Waals surface area contributed by atoms with Gasteiger partial charge in [-0.25, -0.2) is 4.39 Å². The Bertz CT molecular complexity index is 1120. The molecule has 1 saturated heterocycles. The van der Waals surface area contributed by atoms with Gasteiger partial charge in [0.25, 0.3) is 0 Å². The van der Waals surface area contributed by atoms with E-state index in [0.29, 0.717) is 22.2 Å². The Hall–Kier alpha value is -2.48. The van der Waals surface area contributed by atoms with E-state index in [0.717, 1.165) is 49.8 Å². The van der Waals surface area contributed by atoms with Crippen LogP contribution in [0.3, 0.4) is 0 Å². The number of piperazine rings is 1. The Morgan fingerprint density at radius 2 is 1.73 bits per heavy atom. The van der Waals surface area contributed by atoms with Crippen molar-refractivity contribution in [1.29, 1.82) is 0 Å². The molecule has 2 heterocycles. The zero-order chi connectivity index (χ0) is 23.5. The lowest BCUT2D eigenvalue weighted by molar-refractivity contribution is 0.175. The fourth-order valence-electron chi connectivity index (χ4n) is 4.10. The quantitative estimate of drug-likeness (QED) is 0.505. The Labute approximate surface area is 205 Å². The molecule has 0 spiro atoms. The van der Waals surface area contributed by atoms with Gasteiger partial charge in [0.15, 0.2) is 5.11 Å². The summed E-state index contributed by atoms with van der Waals surface area (Å²) in [6, 6.07) is 13.3. The molecule has 33 heavy (non-hydrogen) atoms. The maximum atomic E-state index is 14.1. The number of aryl methyl sites for hydroxylation is 2. The molecule has 0 saturated carbocycles. The first-order valence-electron chi connectivity index (χ1n) is 11.1. The van der Waals surface area contributed by atoms with Crippen LogP contribution in [0.1, 0.15) is 28.1 Å². The molecule has 0 amide bonds. The van der Waals surface area contributed by atoms with E-state index in [2.05, 4.69) is 53.2 Å². The van der Waals surface area contributed by atoms with Gasteiger partial charge in [0.05, 0.1) is 23.6 Å². The van der Waals surface area contributed by atoms with Gasteiger partial charge < -0.3 is 10.2 Å². The van der Waals surface area contributed by atoms with Gasteiger partial charge in [-0.2, -0.15) is 5.10 Å². The third-order valence-corrected chi connectivity index (χ3v) is 6.88. The van der Waals surface area contributed by atoms with E-state index < -0.39 is 0 Å². The van der Waals surface area contributed by atoms with Crippen LogP contribution in [0, 0.1) is 26.6 Å². The highest BCUT2D eigenvalue weighted by atomic mass is 35.5. The largest absolute Gasteiger partial charge is 0.346 e. The van der Waals surface area contributed by atoms with Crippen LogP contribution in [0.4, 0.5) is 10.1 Å². The van der Waals surface area contributed by atoms with Gasteiger partial charge in [-0.05, 0) is 50.7 Å². The van der Waals surface area contributed by atoms with Gasteiger partial charge in [-0.15, -0.1) is 0 Å². The van der Waals surface area contributed by atoms with Gasteiger partial charge in [-0.3, -0.25) is 9.58 Å². The number of hydrogen-bond donors (Lipinski definition) is 1. The second-order valence-electron chi connectivity index (χ2n) is 8.58. The Morgan fingerprint density at radius 3 is 2.39 bits per heavy atom. The number of rotatable bonds is 5. The van der Waals surface area contributed by atoms with Crippen molar-refractivity contribution >= 4 is 34.6 Å². The summed E-state index contributed by atoms with van der Waals surface area (Å²) in [6.07, 6.45) is 0. The molecule has 0 atom stereocenters. The maximum absolute atomic E-state index is 14.1. The first-order valence-corrected chi connectivity index (χ1v) is 11.9. The van der Waals surface area contributed by atoms with Crippen molar-refractivity contribution in [2.45, 2.75) is 33.9 Å². The standard InChI is InChI=1S/C25H29ClFN5S/c1-17-7-9-20(10-8-17)15-32-19(3)24(18(2)29-32)28-25(33)31-13-11-30(12-14-31)16-21-22(26)5-4-6-23(21)27/h4-10H,11-16H2,1-3H3,(H,28,33). The topological polar surface area (TPSA) is 36.3 Å². The molecule has 1 aromatic heterocycles. The minimum Gasteiger partial charge on any atom is -0.346 e. The Balaban J connectivity index is 1.35. The highest BCUT2D eigenvalue weighted by Gasteiger charge is 2.22. The third kappa shape index (κ3) is 5.54. The first-order chi connectivity index (χ1) is 15.8. The van der Waals surface area contributed by atoms with Crippen molar-refractivity contribution in [3.8, 4) is 0 Å². The number of thiocarbonyl (C=S) groups is 1. The van der Waals surface area contributed by atoms with Crippen LogP contribution < -0.4 is 5.32 Å². The van der Waals surface area contributed by atoms with Crippen molar-refractivity contribution in [1.82, 2.24) is 19.6 Å². The van der Waals surface area contributed by atoms with Gasteiger partial charge >= 0.3 is 0 Å². The molecule has 1 aliphatic heterocycles. The van der Waals surface area contributed by atoms with Crippen LogP contribution in [0.2, 0.25) is 5.02 Å². The normalized spacial score (nSPS) is 14.5. The lowest BCUT2D eigenvalue weighted by Crippen LogP contribution is -2.49. The van der Waals surface area contributed by atoms with Gasteiger partial charge in [0.2, 0.25) is 0 Å². The van der Waals surface area contributed by atoms with Gasteiger partial charge in [-0.1, -0.05) is 47.5 Å². The molecule has 0 bridgehead atoms. The summed E-state index contributed by atoms with van der Waals surface area (Å²) < 4.78 is 16.1. The average Bonchev–Trinajstić information content (AvgIpc) is 3.05. The Kier molecular flexibility index (Phi) is 7.32. The third-order valence-electron chi connectivity index (χ3n) is 6.17. The van der Waals surface area contributed by atoms with E-state index in [1.807, 2.05) is 11.6 Å².